The van der Waals surface area contributed by atoms with E-state index in [4.69, 9.17) is 14.2 Å². The van der Waals surface area contributed by atoms with Crippen LogP contribution in [0, 0.1) is 11.8 Å². The topological polar surface area (TPSA) is 72.4 Å². The lowest BCUT2D eigenvalue weighted by Crippen LogP contribution is -2.41. The number of carbonyl (C=O) groups is 1. The zero-order chi connectivity index (χ0) is 17.8. The summed E-state index contributed by atoms with van der Waals surface area (Å²) < 4.78 is 15.6. The molecule has 2 unspecified atom stereocenters. The van der Waals surface area contributed by atoms with Crippen molar-refractivity contribution < 1.29 is 19.0 Å². The van der Waals surface area contributed by atoms with E-state index in [1.54, 1.807) is 7.05 Å². The number of hydrogen-bond donors (Lipinski definition) is 1. The minimum absolute atomic E-state index is 0.0996. The predicted molar refractivity (Wildman–Crippen MR) is 93.9 cm³/mol. The number of fused-ring (bicyclic) bond motifs is 1. The van der Waals surface area contributed by atoms with Gasteiger partial charge in [-0.3, -0.25) is 9.79 Å². The van der Waals surface area contributed by atoms with Crippen LogP contribution in [0.5, 0.6) is 11.5 Å². The number of esters is 1. The summed E-state index contributed by atoms with van der Waals surface area (Å²) in [5, 5.41) is 3.38. The van der Waals surface area contributed by atoms with Crippen LogP contribution in [0.1, 0.15) is 12.5 Å². The van der Waals surface area contributed by atoms with E-state index in [1.165, 1.54) is 12.7 Å². The van der Waals surface area contributed by atoms with Crippen molar-refractivity contribution in [2.75, 3.05) is 40.6 Å². The quantitative estimate of drug-likeness (QED) is 0.502. The van der Waals surface area contributed by atoms with Crippen molar-refractivity contribution in [1.82, 2.24) is 10.2 Å². The van der Waals surface area contributed by atoms with Gasteiger partial charge in [0, 0.05) is 26.7 Å². The Morgan fingerprint density at radius 2 is 2.16 bits per heavy atom. The summed E-state index contributed by atoms with van der Waals surface area (Å²) in [5.41, 5.74) is 1.18. The van der Waals surface area contributed by atoms with Crippen LogP contribution >= 0.6 is 0 Å². The molecule has 1 saturated heterocycles. The van der Waals surface area contributed by atoms with Crippen LogP contribution in [0.15, 0.2) is 23.2 Å². The molecule has 0 radical (unpaired) electrons. The molecular weight excluding hydrogens is 322 g/mol. The van der Waals surface area contributed by atoms with Gasteiger partial charge in [-0.25, -0.2) is 0 Å². The van der Waals surface area contributed by atoms with Crippen LogP contribution in [-0.4, -0.2) is 57.4 Å². The lowest BCUT2D eigenvalue weighted by Gasteiger charge is -2.21. The van der Waals surface area contributed by atoms with E-state index in [9.17, 15) is 4.79 Å². The maximum atomic E-state index is 11.8. The van der Waals surface area contributed by atoms with Crippen LogP contribution in [0.2, 0.25) is 0 Å². The highest BCUT2D eigenvalue weighted by atomic mass is 16.7. The van der Waals surface area contributed by atoms with Gasteiger partial charge in [0.1, 0.15) is 0 Å². The van der Waals surface area contributed by atoms with Crippen molar-refractivity contribution in [1.29, 1.82) is 0 Å². The molecule has 0 amide bonds. The van der Waals surface area contributed by atoms with Gasteiger partial charge in [0.15, 0.2) is 17.5 Å². The first kappa shape index (κ1) is 17.4. The minimum Gasteiger partial charge on any atom is -0.469 e. The van der Waals surface area contributed by atoms with Gasteiger partial charge in [-0.1, -0.05) is 13.0 Å². The van der Waals surface area contributed by atoms with Crippen molar-refractivity contribution in [3.63, 3.8) is 0 Å². The fourth-order valence-corrected chi connectivity index (χ4v) is 3.35. The third-order valence-electron chi connectivity index (χ3n) is 4.76. The lowest BCUT2D eigenvalue weighted by molar-refractivity contribution is -0.145. The van der Waals surface area contributed by atoms with Gasteiger partial charge in [0.2, 0.25) is 6.79 Å². The molecule has 2 aliphatic heterocycles. The Labute approximate surface area is 148 Å². The predicted octanol–water partition coefficient (Wildman–Crippen LogP) is 1.27. The minimum atomic E-state index is -0.147. The zero-order valence-corrected chi connectivity index (χ0v) is 14.9. The number of ether oxygens (including phenoxy) is 3. The second-order valence-electron chi connectivity index (χ2n) is 6.42. The van der Waals surface area contributed by atoms with Crippen molar-refractivity contribution >= 4 is 11.9 Å². The molecule has 136 valence electrons. The second kappa shape index (κ2) is 7.63. The Bertz CT molecular complexity index is 662. The van der Waals surface area contributed by atoms with E-state index in [1.807, 2.05) is 18.2 Å². The molecular formula is C18H25N3O4. The summed E-state index contributed by atoms with van der Waals surface area (Å²) in [7, 11) is 3.20. The molecule has 2 atom stereocenters. The number of methoxy groups -OCH3 is 1. The molecule has 1 N–H and O–H groups in total. The summed E-state index contributed by atoms with van der Waals surface area (Å²) >= 11 is 0. The average Bonchev–Trinajstić information content (AvgIpc) is 3.24. The Kier molecular flexibility index (Phi) is 5.31. The first-order valence-corrected chi connectivity index (χ1v) is 8.54. The van der Waals surface area contributed by atoms with Gasteiger partial charge in [-0.05, 0) is 30.0 Å². The molecule has 0 aliphatic carbocycles. The standard InChI is InChI=1S/C18H25N3O4/c1-12-9-21(10-14(12)17(22)23-3)18(19-2)20-7-6-13-4-5-15-16(8-13)25-11-24-15/h4-5,8,12,14H,6-7,9-11H2,1-3H3,(H,19,20). The molecule has 2 heterocycles. The van der Waals surface area contributed by atoms with Crippen LogP contribution in [0.3, 0.4) is 0 Å². The Morgan fingerprint density at radius 3 is 2.92 bits per heavy atom. The average molecular weight is 347 g/mol. The lowest BCUT2D eigenvalue weighted by atomic mass is 9.99. The smallest absolute Gasteiger partial charge is 0.310 e. The molecule has 3 rings (SSSR count). The van der Waals surface area contributed by atoms with E-state index < -0.39 is 0 Å². The number of likely N-dealkylation sites (tertiary alicyclic amines) is 1. The molecule has 0 aromatic heterocycles. The van der Waals surface area contributed by atoms with Gasteiger partial charge < -0.3 is 24.4 Å². The number of benzene rings is 1. The molecule has 7 nitrogen and oxygen atoms in total. The molecule has 1 fully saturated rings. The van der Waals surface area contributed by atoms with Crippen molar-refractivity contribution in [3.8, 4) is 11.5 Å². The van der Waals surface area contributed by atoms with Gasteiger partial charge in [-0.15, -0.1) is 0 Å². The van der Waals surface area contributed by atoms with Crippen LogP contribution < -0.4 is 14.8 Å². The first-order chi connectivity index (χ1) is 12.1. The zero-order valence-electron chi connectivity index (χ0n) is 14.9. The molecule has 1 aromatic rings. The fourth-order valence-electron chi connectivity index (χ4n) is 3.35. The van der Waals surface area contributed by atoms with E-state index >= 15 is 0 Å². The largest absolute Gasteiger partial charge is 0.469 e. The Balaban J connectivity index is 1.52. The normalized spacial score (nSPS) is 22.2. The van der Waals surface area contributed by atoms with E-state index in [-0.39, 0.29) is 24.6 Å². The van der Waals surface area contributed by atoms with Crippen molar-refractivity contribution in [2.45, 2.75) is 13.3 Å². The number of guanidine groups is 1. The first-order valence-electron chi connectivity index (χ1n) is 8.54. The molecule has 2 aliphatic rings. The highest BCUT2D eigenvalue weighted by Crippen LogP contribution is 2.32. The molecule has 0 bridgehead atoms. The Morgan fingerprint density at radius 1 is 1.36 bits per heavy atom. The molecule has 0 saturated carbocycles. The Hall–Kier alpha value is -2.44. The number of aliphatic imine (C=N–C) groups is 1. The second-order valence-corrected chi connectivity index (χ2v) is 6.42. The third-order valence-corrected chi connectivity index (χ3v) is 4.76. The van der Waals surface area contributed by atoms with E-state index in [0.717, 1.165) is 37.0 Å². The van der Waals surface area contributed by atoms with Crippen molar-refractivity contribution in [3.05, 3.63) is 23.8 Å². The van der Waals surface area contributed by atoms with E-state index in [2.05, 4.69) is 22.1 Å². The maximum absolute atomic E-state index is 11.8. The van der Waals surface area contributed by atoms with Gasteiger partial charge in [0.25, 0.3) is 0 Å². The number of carbonyl (C=O) groups excluding carboxylic acids is 1. The number of rotatable bonds is 4. The number of nitrogens with zero attached hydrogens (tertiary/aromatic N) is 2. The maximum Gasteiger partial charge on any atom is 0.310 e. The van der Waals surface area contributed by atoms with Crippen LogP contribution in [0.25, 0.3) is 0 Å². The van der Waals surface area contributed by atoms with Crippen LogP contribution in [-0.2, 0) is 16.0 Å². The summed E-state index contributed by atoms with van der Waals surface area (Å²) in [6.07, 6.45) is 0.847. The monoisotopic (exact) mass is 347 g/mol. The summed E-state index contributed by atoms with van der Waals surface area (Å²) in [4.78, 5) is 18.3. The van der Waals surface area contributed by atoms with Crippen molar-refractivity contribution in [2.24, 2.45) is 16.8 Å². The van der Waals surface area contributed by atoms with E-state index in [0.29, 0.717) is 6.54 Å². The molecule has 1 aromatic carbocycles. The summed E-state index contributed by atoms with van der Waals surface area (Å²) in [6.45, 7) is 4.54. The summed E-state index contributed by atoms with van der Waals surface area (Å²) in [6, 6.07) is 6.00. The van der Waals surface area contributed by atoms with Gasteiger partial charge >= 0.3 is 5.97 Å². The molecule has 0 spiro atoms. The highest BCUT2D eigenvalue weighted by molar-refractivity contribution is 5.82. The van der Waals surface area contributed by atoms with Gasteiger partial charge in [0.05, 0.1) is 13.0 Å². The molecule has 7 heteroatoms. The highest BCUT2D eigenvalue weighted by Gasteiger charge is 2.36. The SMILES string of the molecule is CN=C(NCCc1ccc2c(c1)OCO2)N1CC(C)C(C(=O)OC)C1. The fraction of sp³-hybridized carbons (Fsp3) is 0.556. The van der Waals surface area contributed by atoms with Gasteiger partial charge in [-0.2, -0.15) is 0 Å². The molecule has 25 heavy (non-hydrogen) atoms. The third kappa shape index (κ3) is 3.81. The van der Waals surface area contributed by atoms with Crippen LogP contribution in [0.4, 0.5) is 0 Å². The summed E-state index contributed by atoms with van der Waals surface area (Å²) in [5.74, 6) is 2.42. The number of hydrogen-bond acceptors (Lipinski definition) is 5. The number of nitrogens with one attached hydrogen (secondary N) is 1.